The predicted octanol–water partition coefficient (Wildman–Crippen LogP) is 0.184. The van der Waals surface area contributed by atoms with Crippen LogP contribution in [0.5, 0.6) is 0 Å². The molecule has 0 radical (unpaired) electrons. The van der Waals surface area contributed by atoms with E-state index >= 15 is 0 Å². The first-order valence-corrected chi connectivity index (χ1v) is 8.11. The first-order chi connectivity index (χ1) is 11.1. The van der Waals surface area contributed by atoms with E-state index in [2.05, 4.69) is 17.1 Å². The molecule has 1 atom stereocenters. The maximum atomic E-state index is 12.7. The molecule has 1 saturated heterocycles. The van der Waals surface area contributed by atoms with Crippen LogP contribution in [-0.2, 0) is 16.1 Å². The van der Waals surface area contributed by atoms with Crippen molar-refractivity contribution in [1.29, 1.82) is 0 Å². The number of piperazine rings is 1. The standard InChI is InChI=1S/C17H26N4O2/c1-14-11-19-8-10-20(14)13-17(23)21(9-7-16(18)22)12-15-5-3-2-4-6-15/h2-6,14,19H,7-13H2,1H3,(H2,18,22)/t14-/m0/s1. The Kier molecular flexibility index (Phi) is 6.55. The van der Waals surface area contributed by atoms with E-state index in [4.69, 9.17) is 5.73 Å². The van der Waals surface area contributed by atoms with Crippen LogP contribution in [0, 0.1) is 0 Å². The summed E-state index contributed by atoms with van der Waals surface area (Å²) < 4.78 is 0. The molecule has 2 amide bonds. The second kappa shape index (κ2) is 8.64. The fourth-order valence-corrected chi connectivity index (χ4v) is 2.73. The third-order valence-corrected chi connectivity index (χ3v) is 4.17. The smallest absolute Gasteiger partial charge is 0.237 e. The number of primary amides is 1. The van der Waals surface area contributed by atoms with Crippen molar-refractivity contribution in [1.82, 2.24) is 15.1 Å². The minimum atomic E-state index is -0.383. The average Bonchev–Trinajstić information content (AvgIpc) is 2.54. The Bertz CT molecular complexity index is 521. The lowest BCUT2D eigenvalue weighted by Gasteiger charge is -2.35. The van der Waals surface area contributed by atoms with E-state index in [1.807, 2.05) is 30.3 Å². The zero-order chi connectivity index (χ0) is 16.7. The zero-order valence-electron chi connectivity index (χ0n) is 13.7. The third-order valence-electron chi connectivity index (χ3n) is 4.17. The Hall–Kier alpha value is -1.92. The van der Waals surface area contributed by atoms with Crippen molar-refractivity contribution in [3.05, 3.63) is 35.9 Å². The van der Waals surface area contributed by atoms with Gasteiger partial charge in [0.15, 0.2) is 0 Å². The van der Waals surface area contributed by atoms with Crippen LogP contribution in [0.4, 0.5) is 0 Å². The highest BCUT2D eigenvalue weighted by Crippen LogP contribution is 2.08. The van der Waals surface area contributed by atoms with E-state index in [1.165, 1.54) is 0 Å². The van der Waals surface area contributed by atoms with E-state index in [0.29, 0.717) is 25.7 Å². The van der Waals surface area contributed by atoms with E-state index < -0.39 is 0 Å². The molecule has 6 heteroatoms. The van der Waals surface area contributed by atoms with Crippen LogP contribution in [0.15, 0.2) is 30.3 Å². The number of rotatable bonds is 7. The summed E-state index contributed by atoms with van der Waals surface area (Å²) in [6.45, 7) is 6.03. The molecule has 1 aliphatic rings. The summed E-state index contributed by atoms with van der Waals surface area (Å²) >= 11 is 0. The van der Waals surface area contributed by atoms with Crippen LogP contribution < -0.4 is 11.1 Å². The van der Waals surface area contributed by atoms with Gasteiger partial charge in [0.2, 0.25) is 11.8 Å². The number of hydrogen-bond donors (Lipinski definition) is 2. The molecule has 1 aromatic rings. The third kappa shape index (κ3) is 5.65. The Morgan fingerprint density at radius 1 is 1.35 bits per heavy atom. The minimum Gasteiger partial charge on any atom is -0.370 e. The maximum Gasteiger partial charge on any atom is 0.237 e. The molecule has 0 bridgehead atoms. The van der Waals surface area contributed by atoms with Crippen LogP contribution >= 0.6 is 0 Å². The summed E-state index contributed by atoms with van der Waals surface area (Å²) in [7, 11) is 0. The summed E-state index contributed by atoms with van der Waals surface area (Å²) in [5.74, 6) is -0.338. The SMILES string of the molecule is C[C@H]1CNCCN1CC(=O)N(CCC(N)=O)Cc1ccccc1. The largest absolute Gasteiger partial charge is 0.370 e. The Balaban J connectivity index is 1.99. The maximum absolute atomic E-state index is 12.7. The first kappa shape index (κ1) is 17.4. The van der Waals surface area contributed by atoms with Gasteiger partial charge in [-0.25, -0.2) is 0 Å². The van der Waals surface area contributed by atoms with Gasteiger partial charge in [0.1, 0.15) is 0 Å². The summed E-state index contributed by atoms with van der Waals surface area (Å²) in [6.07, 6.45) is 0.190. The summed E-state index contributed by atoms with van der Waals surface area (Å²) in [5.41, 5.74) is 6.30. The first-order valence-electron chi connectivity index (χ1n) is 8.11. The molecule has 3 N–H and O–H groups in total. The molecule has 0 aliphatic carbocycles. The molecular weight excluding hydrogens is 292 g/mol. The fourth-order valence-electron chi connectivity index (χ4n) is 2.73. The zero-order valence-corrected chi connectivity index (χ0v) is 13.7. The lowest BCUT2D eigenvalue weighted by atomic mass is 10.2. The molecule has 0 unspecified atom stereocenters. The number of carbonyl (C=O) groups excluding carboxylic acids is 2. The monoisotopic (exact) mass is 318 g/mol. The lowest BCUT2D eigenvalue weighted by Crippen LogP contribution is -2.53. The van der Waals surface area contributed by atoms with Crippen LogP contribution in [-0.4, -0.2) is 60.4 Å². The van der Waals surface area contributed by atoms with Crippen molar-refractivity contribution in [2.75, 3.05) is 32.7 Å². The molecule has 0 aromatic heterocycles. The van der Waals surface area contributed by atoms with E-state index in [1.54, 1.807) is 4.90 Å². The fraction of sp³-hybridized carbons (Fsp3) is 0.529. The Labute approximate surface area is 137 Å². The van der Waals surface area contributed by atoms with Gasteiger partial charge < -0.3 is 16.0 Å². The van der Waals surface area contributed by atoms with Crippen LogP contribution in [0.3, 0.4) is 0 Å². The number of nitrogens with one attached hydrogen (secondary N) is 1. The molecule has 0 saturated carbocycles. The highest BCUT2D eigenvalue weighted by molar-refractivity contribution is 5.79. The van der Waals surface area contributed by atoms with Crippen LogP contribution in [0.2, 0.25) is 0 Å². The molecule has 6 nitrogen and oxygen atoms in total. The van der Waals surface area contributed by atoms with Crippen molar-refractivity contribution in [3.63, 3.8) is 0 Å². The highest BCUT2D eigenvalue weighted by Gasteiger charge is 2.23. The highest BCUT2D eigenvalue weighted by atomic mass is 16.2. The summed E-state index contributed by atoms with van der Waals surface area (Å²) in [5, 5.41) is 3.32. The number of nitrogens with zero attached hydrogens (tertiary/aromatic N) is 2. The van der Waals surface area contributed by atoms with Gasteiger partial charge in [-0.3, -0.25) is 14.5 Å². The van der Waals surface area contributed by atoms with Crippen molar-refractivity contribution in [2.45, 2.75) is 25.9 Å². The van der Waals surface area contributed by atoms with Crippen molar-refractivity contribution < 1.29 is 9.59 Å². The van der Waals surface area contributed by atoms with Crippen LogP contribution in [0.1, 0.15) is 18.9 Å². The molecule has 1 fully saturated rings. The predicted molar refractivity (Wildman–Crippen MR) is 89.6 cm³/mol. The minimum absolute atomic E-state index is 0.0452. The van der Waals surface area contributed by atoms with Crippen molar-refractivity contribution >= 4 is 11.8 Å². The van der Waals surface area contributed by atoms with E-state index in [-0.39, 0.29) is 18.2 Å². The molecule has 1 heterocycles. The number of amides is 2. The number of nitrogens with two attached hydrogens (primary N) is 1. The van der Waals surface area contributed by atoms with Gasteiger partial charge in [-0.2, -0.15) is 0 Å². The van der Waals surface area contributed by atoms with Gasteiger partial charge in [-0.1, -0.05) is 30.3 Å². The Morgan fingerprint density at radius 3 is 2.74 bits per heavy atom. The second-order valence-corrected chi connectivity index (χ2v) is 6.04. The van der Waals surface area contributed by atoms with Gasteiger partial charge in [0, 0.05) is 45.2 Å². The van der Waals surface area contributed by atoms with Crippen LogP contribution in [0.25, 0.3) is 0 Å². The van der Waals surface area contributed by atoms with Gasteiger partial charge in [0.25, 0.3) is 0 Å². The molecular formula is C17H26N4O2. The quantitative estimate of drug-likeness (QED) is 0.752. The summed E-state index contributed by atoms with van der Waals surface area (Å²) in [4.78, 5) is 27.7. The normalized spacial score (nSPS) is 18.6. The van der Waals surface area contributed by atoms with Gasteiger partial charge >= 0.3 is 0 Å². The van der Waals surface area contributed by atoms with E-state index in [9.17, 15) is 9.59 Å². The molecule has 1 aliphatic heterocycles. The number of hydrogen-bond acceptors (Lipinski definition) is 4. The summed E-state index contributed by atoms with van der Waals surface area (Å²) in [6, 6.07) is 10.1. The molecule has 1 aromatic carbocycles. The topological polar surface area (TPSA) is 78.7 Å². The average molecular weight is 318 g/mol. The van der Waals surface area contributed by atoms with E-state index in [0.717, 1.165) is 25.2 Å². The lowest BCUT2D eigenvalue weighted by molar-refractivity contribution is -0.134. The molecule has 2 rings (SSSR count). The van der Waals surface area contributed by atoms with Gasteiger partial charge in [-0.15, -0.1) is 0 Å². The second-order valence-electron chi connectivity index (χ2n) is 6.04. The number of benzene rings is 1. The number of carbonyl (C=O) groups is 2. The van der Waals surface area contributed by atoms with Gasteiger partial charge in [0.05, 0.1) is 6.54 Å². The molecule has 126 valence electrons. The van der Waals surface area contributed by atoms with Crippen molar-refractivity contribution in [3.8, 4) is 0 Å². The Morgan fingerprint density at radius 2 is 2.09 bits per heavy atom. The molecule has 0 spiro atoms. The molecule has 23 heavy (non-hydrogen) atoms. The van der Waals surface area contributed by atoms with Crippen molar-refractivity contribution in [2.24, 2.45) is 5.73 Å². The van der Waals surface area contributed by atoms with Gasteiger partial charge in [-0.05, 0) is 12.5 Å².